The zero-order valence-corrected chi connectivity index (χ0v) is 12.4. The first kappa shape index (κ1) is 12.6. The lowest BCUT2D eigenvalue weighted by atomic mass is 9.85. The minimum Gasteiger partial charge on any atom is -0.353 e. The Kier molecular flexibility index (Phi) is 3.14. The Balaban J connectivity index is 1.68. The maximum Gasteiger partial charge on any atom is 0.137 e. The molecular weight excluding hydrogens is 248 g/mol. The molecule has 3 heterocycles. The van der Waals surface area contributed by atoms with Gasteiger partial charge in [0.05, 0.1) is 5.69 Å². The molecule has 20 heavy (non-hydrogen) atoms. The van der Waals surface area contributed by atoms with Crippen molar-refractivity contribution < 1.29 is 0 Å². The van der Waals surface area contributed by atoms with Gasteiger partial charge in [-0.15, -0.1) is 0 Å². The number of hydrogen-bond donors (Lipinski definition) is 0. The summed E-state index contributed by atoms with van der Waals surface area (Å²) in [6.45, 7) is 3.33. The van der Waals surface area contributed by atoms with Gasteiger partial charge in [-0.25, -0.2) is 9.97 Å². The van der Waals surface area contributed by atoms with Crippen molar-refractivity contribution in [1.29, 1.82) is 0 Å². The minimum atomic E-state index is 0.745. The zero-order chi connectivity index (χ0) is 13.5. The number of hydrogen-bond acceptors (Lipinski definition) is 4. The van der Waals surface area contributed by atoms with E-state index in [4.69, 9.17) is 0 Å². The molecule has 4 heteroatoms. The number of nitrogens with zero attached hydrogens (tertiary/aromatic N) is 4. The Morgan fingerprint density at radius 2 is 2.00 bits per heavy atom. The quantitative estimate of drug-likeness (QED) is 0.785. The number of likely N-dealkylation sites (N-methyl/N-ethyl adjacent to an activating group) is 1. The van der Waals surface area contributed by atoms with Crippen molar-refractivity contribution in [2.75, 3.05) is 25.0 Å². The van der Waals surface area contributed by atoms with Gasteiger partial charge in [-0.05, 0) is 32.2 Å². The van der Waals surface area contributed by atoms with Crippen LogP contribution < -0.4 is 4.90 Å². The third-order valence-electron chi connectivity index (χ3n) is 5.45. The van der Waals surface area contributed by atoms with Crippen LogP contribution >= 0.6 is 0 Å². The average molecular weight is 272 g/mol. The fourth-order valence-corrected chi connectivity index (χ4v) is 4.38. The summed E-state index contributed by atoms with van der Waals surface area (Å²) >= 11 is 0. The van der Waals surface area contributed by atoms with Gasteiger partial charge in [-0.3, -0.25) is 0 Å². The van der Waals surface area contributed by atoms with Crippen LogP contribution in [0.1, 0.15) is 43.4 Å². The summed E-state index contributed by atoms with van der Waals surface area (Å²) in [5.74, 6) is 2.16. The van der Waals surface area contributed by atoms with E-state index in [-0.39, 0.29) is 0 Å². The van der Waals surface area contributed by atoms with Gasteiger partial charge in [0.15, 0.2) is 0 Å². The van der Waals surface area contributed by atoms with E-state index in [2.05, 4.69) is 26.8 Å². The molecule has 108 valence electrons. The van der Waals surface area contributed by atoms with Gasteiger partial charge in [0.2, 0.25) is 0 Å². The molecule has 1 aliphatic carbocycles. The predicted molar refractivity (Wildman–Crippen MR) is 79.8 cm³/mol. The molecule has 1 aromatic heterocycles. The molecule has 0 bridgehead atoms. The molecule has 2 atom stereocenters. The lowest BCUT2D eigenvalue weighted by Gasteiger charge is -2.35. The Bertz CT molecular complexity index is 501. The largest absolute Gasteiger partial charge is 0.353 e. The fourth-order valence-electron chi connectivity index (χ4n) is 4.38. The van der Waals surface area contributed by atoms with Crippen LogP contribution in [0, 0.1) is 5.92 Å². The first-order valence-electron chi connectivity index (χ1n) is 8.11. The van der Waals surface area contributed by atoms with E-state index in [0.717, 1.165) is 31.5 Å². The van der Waals surface area contributed by atoms with Crippen LogP contribution in [0.4, 0.5) is 5.82 Å². The van der Waals surface area contributed by atoms with Crippen LogP contribution in [0.3, 0.4) is 0 Å². The van der Waals surface area contributed by atoms with E-state index in [9.17, 15) is 0 Å². The van der Waals surface area contributed by atoms with Crippen LogP contribution in [-0.2, 0) is 13.0 Å². The van der Waals surface area contributed by atoms with Gasteiger partial charge in [-0.1, -0.05) is 12.8 Å². The summed E-state index contributed by atoms with van der Waals surface area (Å²) in [5, 5.41) is 0. The second-order valence-electron chi connectivity index (χ2n) is 6.70. The van der Waals surface area contributed by atoms with Crippen molar-refractivity contribution in [3.8, 4) is 0 Å². The summed E-state index contributed by atoms with van der Waals surface area (Å²) < 4.78 is 0. The molecule has 1 aromatic rings. The molecule has 2 fully saturated rings. The highest BCUT2D eigenvalue weighted by Crippen LogP contribution is 2.39. The Morgan fingerprint density at radius 3 is 2.95 bits per heavy atom. The Hall–Kier alpha value is -1.16. The van der Waals surface area contributed by atoms with Gasteiger partial charge in [0.1, 0.15) is 12.1 Å². The van der Waals surface area contributed by atoms with Crippen LogP contribution in [0.2, 0.25) is 0 Å². The number of fused-ring (bicyclic) bond motifs is 2. The van der Waals surface area contributed by atoms with Crippen LogP contribution in [-0.4, -0.2) is 41.0 Å². The van der Waals surface area contributed by atoms with Crippen LogP contribution in [0.25, 0.3) is 0 Å². The molecular formula is C16H24N4. The summed E-state index contributed by atoms with van der Waals surface area (Å²) in [6, 6.07) is 0.745. The lowest BCUT2D eigenvalue weighted by Crippen LogP contribution is -2.37. The van der Waals surface area contributed by atoms with E-state index in [1.165, 1.54) is 55.7 Å². The summed E-state index contributed by atoms with van der Waals surface area (Å²) in [6.07, 6.45) is 9.83. The third kappa shape index (κ3) is 2.01. The highest BCUT2D eigenvalue weighted by atomic mass is 15.3. The number of aromatic nitrogens is 2. The van der Waals surface area contributed by atoms with Gasteiger partial charge in [0.25, 0.3) is 0 Å². The highest BCUT2D eigenvalue weighted by Gasteiger charge is 2.37. The molecule has 2 aliphatic heterocycles. The van der Waals surface area contributed by atoms with Crippen molar-refractivity contribution in [3.63, 3.8) is 0 Å². The molecule has 1 saturated carbocycles. The first-order valence-corrected chi connectivity index (χ1v) is 8.11. The topological polar surface area (TPSA) is 32.3 Å². The smallest absolute Gasteiger partial charge is 0.137 e. The van der Waals surface area contributed by atoms with E-state index in [1.54, 1.807) is 6.33 Å². The Labute approximate surface area is 121 Å². The maximum absolute atomic E-state index is 4.69. The standard InChI is InChI=1S/C16H24N4/c1-19-8-7-14-13(10-19)16(18-11-17-14)20-9-6-12-4-2-3-5-15(12)20/h11-12,15H,2-10H2,1H3/t12-,15-/m0/s1. The van der Waals surface area contributed by atoms with E-state index in [1.807, 2.05) is 0 Å². The van der Waals surface area contributed by atoms with Gasteiger partial charge in [-0.2, -0.15) is 0 Å². The lowest BCUT2D eigenvalue weighted by molar-refractivity contribution is 0.307. The normalized spacial score (nSPS) is 30.1. The predicted octanol–water partition coefficient (Wildman–Crippen LogP) is 2.23. The molecule has 4 rings (SSSR count). The van der Waals surface area contributed by atoms with Crippen molar-refractivity contribution in [2.24, 2.45) is 5.92 Å². The van der Waals surface area contributed by atoms with Crippen molar-refractivity contribution in [2.45, 2.75) is 51.1 Å². The molecule has 1 saturated heterocycles. The molecule has 0 amide bonds. The van der Waals surface area contributed by atoms with Crippen molar-refractivity contribution in [3.05, 3.63) is 17.6 Å². The monoisotopic (exact) mass is 272 g/mol. The number of anilines is 1. The molecule has 3 aliphatic rings. The second-order valence-corrected chi connectivity index (χ2v) is 6.70. The molecule has 0 N–H and O–H groups in total. The second kappa shape index (κ2) is 4.99. The first-order chi connectivity index (χ1) is 9.83. The summed E-state index contributed by atoms with van der Waals surface area (Å²) in [5.41, 5.74) is 2.68. The molecule has 0 radical (unpaired) electrons. The van der Waals surface area contributed by atoms with E-state index < -0.39 is 0 Å². The van der Waals surface area contributed by atoms with Gasteiger partial charge >= 0.3 is 0 Å². The highest BCUT2D eigenvalue weighted by molar-refractivity contribution is 5.51. The van der Waals surface area contributed by atoms with Crippen LogP contribution in [0.15, 0.2) is 6.33 Å². The molecule has 0 aromatic carbocycles. The van der Waals surface area contributed by atoms with E-state index in [0.29, 0.717) is 0 Å². The molecule has 4 nitrogen and oxygen atoms in total. The zero-order valence-electron chi connectivity index (χ0n) is 12.4. The molecule has 0 spiro atoms. The number of rotatable bonds is 1. The maximum atomic E-state index is 4.69. The van der Waals surface area contributed by atoms with Crippen LogP contribution in [0.5, 0.6) is 0 Å². The molecule has 0 unspecified atom stereocenters. The van der Waals surface area contributed by atoms with Crippen molar-refractivity contribution in [1.82, 2.24) is 14.9 Å². The Morgan fingerprint density at radius 1 is 1.10 bits per heavy atom. The summed E-state index contributed by atoms with van der Waals surface area (Å²) in [4.78, 5) is 14.2. The van der Waals surface area contributed by atoms with Gasteiger partial charge < -0.3 is 9.80 Å². The average Bonchev–Trinajstić information content (AvgIpc) is 2.90. The fraction of sp³-hybridized carbons (Fsp3) is 0.750. The third-order valence-corrected chi connectivity index (χ3v) is 5.45. The van der Waals surface area contributed by atoms with E-state index >= 15 is 0 Å². The minimum absolute atomic E-state index is 0.745. The van der Waals surface area contributed by atoms with Gasteiger partial charge in [0, 0.05) is 37.7 Å². The summed E-state index contributed by atoms with van der Waals surface area (Å²) in [7, 11) is 2.20. The SMILES string of the molecule is CN1CCc2ncnc(N3CC[C@@H]4CCCC[C@@H]43)c2C1. The van der Waals surface area contributed by atoms with Crippen molar-refractivity contribution >= 4 is 5.82 Å².